The van der Waals surface area contributed by atoms with Gasteiger partial charge in [0, 0.05) is 6.04 Å². The summed E-state index contributed by atoms with van der Waals surface area (Å²) in [5.41, 5.74) is 6.65. The summed E-state index contributed by atoms with van der Waals surface area (Å²) in [4.78, 5) is 0. The van der Waals surface area contributed by atoms with Gasteiger partial charge in [0.05, 0.1) is 0 Å². The highest BCUT2D eigenvalue weighted by atomic mass is 16.3. The van der Waals surface area contributed by atoms with E-state index in [1.54, 1.807) is 6.07 Å². The van der Waals surface area contributed by atoms with Gasteiger partial charge in [-0.25, -0.2) is 0 Å². The summed E-state index contributed by atoms with van der Waals surface area (Å²) in [5.74, 6) is 0.339. The van der Waals surface area contributed by atoms with Crippen LogP contribution in [-0.4, -0.2) is 11.1 Å². The number of fused-ring (bicyclic) bond motifs is 1. The molecule has 78 valence electrons. The molecule has 2 aromatic carbocycles. The number of nitrogens with two attached hydrogens (primary N) is 1. The van der Waals surface area contributed by atoms with E-state index in [2.05, 4.69) is 0 Å². The largest absolute Gasteiger partial charge is 0.508 e. The van der Waals surface area contributed by atoms with Crippen molar-refractivity contribution in [2.45, 2.75) is 19.4 Å². The third kappa shape index (κ3) is 2.10. The Labute approximate surface area is 89.3 Å². The maximum atomic E-state index is 9.80. The first-order valence-corrected chi connectivity index (χ1v) is 5.13. The zero-order valence-corrected chi connectivity index (χ0v) is 8.77. The molecule has 0 bridgehead atoms. The molecule has 2 nitrogen and oxygen atoms in total. The summed E-state index contributed by atoms with van der Waals surface area (Å²) in [7, 11) is 0. The Balaban J connectivity index is 2.52. The van der Waals surface area contributed by atoms with Crippen LogP contribution in [0.3, 0.4) is 0 Å². The van der Waals surface area contributed by atoms with Crippen LogP contribution in [0.4, 0.5) is 0 Å². The van der Waals surface area contributed by atoms with E-state index in [0.717, 1.165) is 16.3 Å². The molecule has 2 aromatic rings. The second-order valence-corrected chi connectivity index (χ2v) is 4.01. The van der Waals surface area contributed by atoms with E-state index >= 15 is 0 Å². The summed E-state index contributed by atoms with van der Waals surface area (Å²) in [6.07, 6.45) is 0.705. The SMILES string of the molecule is CC(N)Cc1cc2ccccc2cc1O. The van der Waals surface area contributed by atoms with Gasteiger partial charge in [-0.3, -0.25) is 0 Å². The van der Waals surface area contributed by atoms with Gasteiger partial charge in [0.2, 0.25) is 0 Å². The number of hydrogen-bond donors (Lipinski definition) is 2. The predicted octanol–water partition coefficient (Wildman–Crippen LogP) is 2.44. The van der Waals surface area contributed by atoms with Gasteiger partial charge in [0.1, 0.15) is 5.75 Å². The molecule has 0 radical (unpaired) electrons. The molecular weight excluding hydrogens is 186 g/mol. The van der Waals surface area contributed by atoms with Crippen molar-refractivity contribution in [2.24, 2.45) is 5.73 Å². The van der Waals surface area contributed by atoms with E-state index in [4.69, 9.17) is 5.73 Å². The standard InChI is InChI=1S/C13H15NO/c1-9(14)6-12-7-10-4-2-3-5-11(10)8-13(12)15/h2-5,7-9,15H,6,14H2,1H3. The van der Waals surface area contributed by atoms with E-state index in [9.17, 15) is 5.11 Å². The van der Waals surface area contributed by atoms with Gasteiger partial charge < -0.3 is 10.8 Å². The van der Waals surface area contributed by atoms with Crippen LogP contribution in [0.15, 0.2) is 36.4 Å². The average molecular weight is 201 g/mol. The van der Waals surface area contributed by atoms with Gasteiger partial charge in [-0.05, 0) is 41.8 Å². The first-order chi connectivity index (χ1) is 7.16. The highest BCUT2D eigenvalue weighted by molar-refractivity contribution is 5.84. The van der Waals surface area contributed by atoms with Crippen LogP contribution in [0.5, 0.6) is 5.75 Å². The van der Waals surface area contributed by atoms with Crippen LogP contribution in [0.1, 0.15) is 12.5 Å². The van der Waals surface area contributed by atoms with Gasteiger partial charge in [-0.15, -0.1) is 0 Å². The van der Waals surface area contributed by atoms with Crippen LogP contribution in [-0.2, 0) is 6.42 Å². The number of hydrogen-bond acceptors (Lipinski definition) is 2. The fourth-order valence-corrected chi connectivity index (χ4v) is 1.79. The van der Waals surface area contributed by atoms with Crippen molar-refractivity contribution in [3.05, 3.63) is 42.0 Å². The van der Waals surface area contributed by atoms with Crippen molar-refractivity contribution in [1.82, 2.24) is 0 Å². The Hall–Kier alpha value is -1.54. The summed E-state index contributed by atoms with van der Waals surface area (Å²) in [5, 5.41) is 12.0. The number of rotatable bonds is 2. The number of benzene rings is 2. The third-order valence-electron chi connectivity index (χ3n) is 2.49. The minimum Gasteiger partial charge on any atom is -0.508 e. The first-order valence-electron chi connectivity index (χ1n) is 5.13. The Kier molecular flexibility index (Phi) is 2.60. The van der Waals surface area contributed by atoms with Gasteiger partial charge in [-0.2, -0.15) is 0 Å². The molecule has 3 N–H and O–H groups in total. The van der Waals surface area contributed by atoms with Crippen LogP contribution in [0, 0.1) is 0 Å². The molecule has 2 heteroatoms. The van der Waals surface area contributed by atoms with Crippen molar-refractivity contribution >= 4 is 10.8 Å². The first kappa shape index (κ1) is 9.99. The summed E-state index contributed by atoms with van der Waals surface area (Å²) in [6, 6.07) is 11.9. The van der Waals surface area contributed by atoms with Crippen molar-refractivity contribution in [1.29, 1.82) is 0 Å². The van der Waals surface area contributed by atoms with Crippen molar-refractivity contribution < 1.29 is 5.11 Å². The van der Waals surface area contributed by atoms with Crippen molar-refractivity contribution in [3.8, 4) is 5.75 Å². The highest BCUT2D eigenvalue weighted by Crippen LogP contribution is 2.25. The quantitative estimate of drug-likeness (QED) is 0.783. The Morgan fingerprint density at radius 1 is 1.20 bits per heavy atom. The molecule has 0 spiro atoms. The zero-order chi connectivity index (χ0) is 10.8. The molecule has 0 aliphatic carbocycles. The maximum Gasteiger partial charge on any atom is 0.119 e. The van der Waals surface area contributed by atoms with Gasteiger partial charge in [0.15, 0.2) is 0 Å². The molecule has 1 atom stereocenters. The minimum absolute atomic E-state index is 0.0667. The molecule has 0 fully saturated rings. The number of phenolic OH excluding ortho intramolecular Hbond substituents is 1. The minimum atomic E-state index is 0.0667. The molecule has 0 aliphatic rings. The zero-order valence-electron chi connectivity index (χ0n) is 8.77. The summed E-state index contributed by atoms with van der Waals surface area (Å²) in [6.45, 7) is 1.94. The Bertz CT molecular complexity index is 477. The van der Waals surface area contributed by atoms with Gasteiger partial charge in [-0.1, -0.05) is 24.3 Å². The summed E-state index contributed by atoms with van der Waals surface area (Å²) >= 11 is 0. The molecule has 1 unspecified atom stereocenters. The van der Waals surface area contributed by atoms with Crippen LogP contribution >= 0.6 is 0 Å². The van der Waals surface area contributed by atoms with E-state index in [0.29, 0.717) is 12.2 Å². The third-order valence-corrected chi connectivity index (χ3v) is 2.49. The lowest BCUT2D eigenvalue weighted by Gasteiger charge is -2.09. The van der Waals surface area contributed by atoms with Crippen LogP contribution in [0.2, 0.25) is 0 Å². The van der Waals surface area contributed by atoms with E-state index in [1.165, 1.54) is 0 Å². The van der Waals surface area contributed by atoms with Gasteiger partial charge >= 0.3 is 0 Å². The molecule has 0 saturated carbocycles. The van der Waals surface area contributed by atoms with E-state index in [1.807, 2.05) is 37.3 Å². The molecule has 0 aliphatic heterocycles. The molecule has 0 aromatic heterocycles. The van der Waals surface area contributed by atoms with E-state index in [-0.39, 0.29) is 6.04 Å². The molecule has 0 saturated heterocycles. The molecule has 15 heavy (non-hydrogen) atoms. The molecule has 2 rings (SSSR count). The normalized spacial score (nSPS) is 12.9. The van der Waals surface area contributed by atoms with Crippen LogP contribution < -0.4 is 5.73 Å². The fourth-order valence-electron chi connectivity index (χ4n) is 1.79. The lowest BCUT2D eigenvalue weighted by atomic mass is 10.0. The second-order valence-electron chi connectivity index (χ2n) is 4.01. The van der Waals surface area contributed by atoms with E-state index < -0.39 is 0 Å². The lowest BCUT2D eigenvalue weighted by molar-refractivity contribution is 0.466. The predicted molar refractivity (Wildman–Crippen MR) is 63.0 cm³/mol. The second kappa shape index (κ2) is 3.91. The molecular formula is C13H15NO. The average Bonchev–Trinajstić information content (AvgIpc) is 2.18. The lowest BCUT2D eigenvalue weighted by Crippen LogP contribution is -2.17. The number of phenols is 1. The number of aromatic hydroxyl groups is 1. The smallest absolute Gasteiger partial charge is 0.119 e. The van der Waals surface area contributed by atoms with Gasteiger partial charge in [0.25, 0.3) is 0 Å². The topological polar surface area (TPSA) is 46.2 Å². The monoisotopic (exact) mass is 201 g/mol. The Morgan fingerprint density at radius 3 is 2.40 bits per heavy atom. The highest BCUT2D eigenvalue weighted by Gasteiger charge is 2.05. The summed E-state index contributed by atoms with van der Waals surface area (Å²) < 4.78 is 0. The Morgan fingerprint density at radius 2 is 1.80 bits per heavy atom. The molecule has 0 amide bonds. The van der Waals surface area contributed by atoms with Crippen LogP contribution in [0.25, 0.3) is 10.8 Å². The maximum absolute atomic E-state index is 9.80. The molecule has 0 heterocycles. The fraction of sp³-hybridized carbons (Fsp3) is 0.231. The van der Waals surface area contributed by atoms with Crippen molar-refractivity contribution in [2.75, 3.05) is 0 Å². The van der Waals surface area contributed by atoms with Crippen molar-refractivity contribution in [3.63, 3.8) is 0 Å².